The van der Waals surface area contributed by atoms with E-state index in [1.807, 2.05) is 0 Å². The zero-order chi connectivity index (χ0) is 15.6. The Morgan fingerprint density at radius 2 is 1.90 bits per heavy atom. The number of non-ortho nitro benzene ring substituents is 1. The van der Waals surface area contributed by atoms with Gasteiger partial charge in [-0.15, -0.1) is 0 Å². The maximum atomic E-state index is 12.2. The number of hydrogen-bond acceptors (Lipinski definition) is 4. The molecule has 0 aromatic heterocycles. The SMILES string of the molecule is O=C1C=CC(OCC(F)(F)F)N1c1ccc([N+](=O)[O-])cc1. The van der Waals surface area contributed by atoms with E-state index in [4.69, 9.17) is 0 Å². The number of rotatable bonds is 4. The summed E-state index contributed by atoms with van der Waals surface area (Å²) >= 11 is 0. The summed E-state index contributed by atoms with van der Waals surface area (Å²) < 4.78 is 41.1. The number of nitrogens with zero attached hydrogens (tertiary/aromatic N) is 2. The first-order chi connectivity index (χ1) is 9.78. The maximum absolute atomic E-state index is 12.2. The smallest absolute Gasteiger partial charge is 0.345 e. The number of hydrogen-bond donors (Lipinski definition) is 0. The summed E-state index contributed by atoms with van der Waals surface area (Å²) in [5, 5.41) is 10.5. The third-order valence-electron chi connectivity index (χ3n) is 2.65. The molecule has 0 N–H and O–H groups in total. The predicted octanol–water partition coefficient (Wildman–Crippen LogP) is 2.40. The van der Waals surface area contributed by atoms with E-state index < -0.39 is 29.8 Å². The first kappa shape index (κ1) is 15.0. The lowest BCUT2D eigenvalue weighted by Crippen LogP contribution is -2.37. The number of amides is 1. The summed E-state index contributed by atoms with van der Waals surface area (Å²) in [6.07, 6.45) is -3.43. The predicted molar refractivity (Wildman–Crippen MR) is 65.5 cm³/mol. The number of nitro benzene ring substituents is 1. The lowest BCUT2D eigenvalue weighted by Gasteiger charge is -2.25. The number of ether oxygens (including phenoxy) is 1. The van der Waals surface area contributed by atoms with Crippen molar-refractivity contribution in [2.24, 2.45) is 0 Å². The van der Waals surface area contributed by atoms with Crippen molar-refractivity contribution in [3.05, 3.63) is 46.5 Å². The molecule has 1 atom stereocenters. The highest BCUT2D eigenvalue weighted by Gasteiger charge is 2.34. The van der Waals surface area contributed by atoms with Gasteiger partial charge in [-0.25, -0.2) is 0 Å². The molecule has 9 heteroatoms. The molecule has 0 saturated carbocycles. The van der Waals surface area contributed by atoms with Gasteiger partial charge < -0.3 is 4.74 Å². The van der Waals surface area contributed by atoms with E-state index in [1.54, 1.807) is 0 Å². The van der Waals surface area contributed by atoms with Crippen LogP contribution in [0.5, 0.6) is 0 Å². The average Bonchev–Trinajstić information content (AvgIpc) is 2.77. The molecule has 1 aliphatic heterocycles. The van der Waals surface area contributed by atoms with Crippen LogP contribution in [-0.2, 0) is 9.53 Å². The van der Waals surface area contributed by atoms with Crippen LogP contribution in [0.3, 0.4) is 0 Å². The van der Waals surface area contributed by atoms with Crippen molar-refractivity contribution < 1.29 is 27.6 Å². The fourth-order valence-electron chi connectivity index (χ4n) is 1.78. The van der Waals surface area contributed by atoms with E-state index in [9.17, 15) is 28.1 Å². The van der Waals surface area contributed by atoms with Gasteiger partial charge in [0.2, 0.25) is 0 Å². The Labute approximate surface area is 116 Å². The van der Waals surface area contributed by atoms with Crippen LogP contribution in [0.25, 0.3) is 0 Å². The maximum Gasteiger partial charge on any atom is 0.411 e. The van der Waals surface area contributed by atoms with Crippen LogP contribution >= 0.6 is 0 Å². The molecule has 1 unspecified atom stereocenters. The molecule has 21 heavy (non-hydrogen) atoms. The van der Waals surface area contributed by atoms with Crippen molar-refractivity contribution >= 4 is 17.3 Å². The standard InChI is InChI=1S/C12H9F3N2O4/c13-12(14,15)7-21-11-6-5-10(18)16(11)8-1-3-9(4-2-8)17(19)20/h1-6,11H,7H2. The van der Waals surface area contributed by atoms with E-state index >= 15 is 0 Å². The number of benzene rings is 1. The molecule has 6 nitrogen and oxygen atoms in total. The Morgan fingerprint density at radius 3 is 2.43 bits per heavy atom. The number of anilines is 1. The minimum atomic E-state index is -4.51. The second-order valence-corrected chi connectivity index (χ2v) is 4.16. The molecule has 112 valence electrons. The monoisotopic (exact) mass is 302 g/mol. The minimum absolute atomic E-state index is 0.189. The van der Waals surface area contributed by atoms with Crippen molar-refractivity contribution in [1.29, 1.82) is 0 Å². The van der Waals surface area contributed by atoms with Crippen LogP contribution in [-0.4, -0.2) is 29.8 Å². The number of carbonyl (C=O) groups excluding carboxylic acids is 1. The van der Waals surface area contributed by atoms with Crippen molar-refractivity contribution in [3.63, 3.8) is 0 Å². The molecule has 2 rings (SSSR count). The summed E-state index contributed by atoms with van der Waals surface area (Å²) in [4.78, 5) is 22.6. The molecule has 0 spiro atoms. The van der Waals surface area contributed by atoms with Crippen LogP contribution < -0.4 is 4.90 Å². The second-order valence-electron chi connectivity index (χ2n) is 4.16. The van der Waals surface area contributed by atoms with Gasteiger partial charge in [0.05, 0.1) is 4.92 Å². The Morgan fingerprint density at radius 1 is 1.29 bits per heavy atom. The van der Waals surface area contributed by atoms with Crippen molar-refractivity contribution in [2.45, 2.75) is 12.4 Å². The molecule has 1 aromatic rings. The normalized spacial score (nSPS) is 18.3. The van der Waals surface area contributed by atoms with Crippen LogP contribution in [0.4, 0.5) is 24.5 Å². The molecule has 0 bridgehead atoms. The largest absolute Gasteiger partial charge is 0.411 e. The van der Waals surface area contributed by atoms with E-state index in [1.165, 1.54) is 18.2 Å². The number of halogens is 3. The van der Waals surface area contributed by atoms with Gasteiger partial charge in [0.1, 0.15) is 6.61 Å². The number of alkyl halides is 3. The molecular formula is C12H9F3N2O4. The Kier molecular flexibility index (Phi) is 3.94. The quantitative estimate of drug-likeness (QED) is 0.632. The minimum Gasteiger partial charge on any atom is -0.345 e. The van der Waals surface area contributed by atoms with Gasteiger partial charge in [0, 0.05) is 23.9 Å². The number of nitro groups is 1. The fraction of sp³-hybridized carbons (Fsp3) is 0.250. The van der Waals surface area contributed by atoms with Crippen molar-refractivity contribution in [1.82, 2.24) is 0 Å². The molecule has 1 aliphatic rings. The summed E-state index contributed by atoms with van der Waals surface area (Å²) in [5.41, 5.74) is 0.0221. The van der Waals surface area contributed by atoms with Crippen molar-refractivity contribution in [2.75, 3.05) is 11.5 Å². The summed E-state index contributed by atoms with van der Waals surface area (Å²) in [6.45, 7) is -1.50. The molecule has 0 saturated heterocycles. The molecule has 1 amide bonds. The Balaban J connectivity index is 2.15. The van der Waals surface area contributed by atoms with E-state index in [0.717, 1.165) is 23.1 Å². The van der Waals surface area contributed by atoms with E-state index in [-0.39, 0.29) is 11.4 Å². The topological polar surface area (TPSA) is 72.7 Å². The zero-order valence-corrected chi connectivity index (χ0v) is 10.4. The molecule has 0 radical (unpaired) electrons. The lowest BCUT2D eigenvalue weighted by atomic mass is 10.2. The van der Waals surface area contributed by atoms with Crippen molar-refractivity contribution in [3.8, 4) is 0 Å². The Hall–Kier alpha value is -2.42. The van der Waals surface area contributed by atoms with E-state index in [2.05, 4.69) is 4.74 Å². The Bertz CT molecular complexity index is 583. The molecule has 0 fully saturated rings. The highest BCUT2D eigenvalue weighted by Crippen LogP contribution is 2.26. The summed E-state index contributed by atoms with van der Waals surface area (Å²) in [5.74, 6) is -0.559. The van der Waals surface area contributed by atoms with Gasteiger partial charge in [0.15, 0.2) is 6.23 Å². The van der Waals surface area contributed by atoms with Gasteiger partial charge in [-0.2, -0.15) is 13.2 Å². The molecule has 1 heterocycles. The zero-order valence-electron chi connectivity index (χ0n) is 10.4. The van der Waals surface area contributed by atoms with E-state index in [0.29, 0.717) is 0 Å². The van der Waals surface area contributed by atoms with Gasteiger partial charge in [0.25, 0.3) is 11.6 Å². The fourth-order valence-corrected chi connectivity index (χ4v) is 1.78. The third kappa shape index (κ3) is 3.57. The highest BCUT2D eigenvalue weighted by atomic mass is 19.4. The number of carbonyl (C=O) groups is 1. The second kappa shape index (κ2) is 5.52. The first-order valence-electron chi connectivity index (χ1n) is 5.72. The van der Waals surface area contributed by atoms with Gasteiger partial charge in [-0.1, -0.05) is 0 Å². The van der Waals surface area contributed by atoms with Crippen LogP contribution in [0.2, 0.25) is 0 Å². The van der Waals surface area contributed by atoms with Gasteiger partial charge in [-0.3, -0.25) is 19.8 Å². The molecular weight excluding hydrogens is 293 g/mol. The summed E-state index contributed by atoms with van der Waals surface area (Å²) in [6, 6.07) is 4.85. The molecule has 1 aromatic carbocycles. The average molecular weight is 302 g/mol. The van der Waals surface area contributed by atoms with Gasteiger partial charge in [-0.05, 0) is 18.2 Å². The molecule has 0 aliphatic carbocycles. The van der Waals surface area contributed by atoms with Crippen LogP contribution in [0, 0.1) is 10.1 Å². The highest BCUT2D eigenvalue weighted by molar-refractivity contribution is 6.04. The summed E-state index contributed by atoms with van der Waals surface area (Å²) in [7, 11) is 0. The van der Waals surface area contributed by atoms with Crippen LogP contribution in [0.1, 0.15) is 0 Å². The third-order valence-corrected chi connectivity index (χ3v) is 2.65. The first-order valence-corrected chi connectivity index (χ1v) is 5.72. The lowest BCUT2D eigenvalue weighted by molar-refractivity contribution is -0.384. The van der Waals surface area contributed by atoms with Crippen LogP contribution in [0.15, 0.2) is 36.4 Å². The van der Waals surface area contributed by atoms with Gasteiger partial charge >= 0.3 is 6.18 Å².